The van der Waals surface area contributed by atoms with Gasteiger partial charge in [0.25, 0.3) is 11.8 Å². The van der Waals surface area contributed by atoms with Gasteiger partial charge in [0.05, 0.1) is 29.1 Å². The molecule has 5 aromatic rings. The first-order chi connectivity index (χ1) is 27.5. The molecule has 58 heavy (non-hydrogen) atoms. The Balaban J connectivity index is 1.16. The number of anilines is 2. The highest BCUT2D eigenvalue weighted by Gasteiger charge is 2.77. The second kappa shape index (κ2) is 13.1. The topological polar surface area (TPSA) is 130 Å². The standard InChI is InChI=1S/C40H23BrCl2F5N3O7/c1-57-24-13-16(12-21(41)33(24)52)26-18-10-11-19-25(36(54)50(35(19)53)17-8-6-15(7-9-17)34-49-22-4-2-3-5-23(22)58-34)20(18)14-39(42)37(55)51(38(56)40(26,39)43)32-30(47)28(45)27(44)29(46)31(32)48/h2-10,12-13,19-20,25-26,52H,11,14H2,1H3/t19-,20+,25-,26-,39+,40-/m0/s1. The molecule has 4 aromatic carbocycles. The van der Waals surface area contributed by atoms with Crippen molar-refractivity contribution in [3.8, 4) is 23.0 Å². The lowest BCUT2D eigenvalue weighted by Crippen LogP contribution is -2.60. The molecule has 3 heterocycles. The summed E-state index contributed by atoms with van der Waals surface area (Å²) in [6.07, 6.45) is 0.809. The Bertz CT molecular complexity index is 2670. The highest BCUT2D eigenvalue weighted by atomic mass is 79.9. The van der Waals surface area contributed by atoms with Crippen LogP contribution in [0, 0.1) is 46.8 Å². The zero-order valence-corrected chi connectivity index (χ0v) is 32.4. The highest BCUT2D eigenvalue weighted by molar-refractivity contribution is 9.10. The van der Waals surface area contributed by atoms with Crippen LogP contribution in [-0.2, 0) is 19.2 Å². The van der Waals surface area contributed by atoms with Crippen LogP contribution in [0.3, 0.4) is 0 Å². The van der Waals surface area contributed by atoms with Crippen LogP contribution in [0.5, 0.6) is 11.5 Å². The van der Waals surface area contributed by atoms with Crippen molar-refractivity contribution >= 4 is 85.2 Å². The van der Waals surface area contributed by atoms with Crippen LogP contribution in [0.15, 0.2) is 81.2 Å². The Morgan fingerprint density at radius 1 is 0.862 bits per heavy atom. The number of aromatic hydroxyl groups is 1. The number of benzene rings is 4. The van der Waals surface area contributed by atoms with Crippen molar-refractivity contribution in [2.45, 2.75) is 28.5 Å². The predicted octanol–water partition coefficient (Wildman–Crippen LogP) is 8.44. The number of fused-ring (bicyclic) bond motifs is 5. The predicted molar refractivity (Wildman–Crippen MR) is 201 cm³/mol. The Morgan fingerprint density at radius 3 is 2.17 bits per heavy atom. The zero-order chi connectivity index (χ0) is 41.3. The summed E-state index contributed by atoms with van der Waals surface area (Å²) in [6, 6.07) is 16.0. The van der Waals surface area contributed by atoms with Gasteiger partial charge < -0.3 is 14.3 Å². The van der Waals surface area contributed by atoms with Crippen molar-refractivity contribution in [3.63, 3.8) is 0 Å². The minimum atomic E-state index is -2.76. The molecule has 9 rings (SSSR count). The SMILES string of the molecule is COc1cc([C@H]2C3=CC[C@@H]4C(=O)N(c5ccc(-c6nc7ccccc7o6)cc5)C(=O)[C@@H]4[C@@H]3C[C@@]3(Cl)C(=O)N(c4c(F)c(F)c(F)c(F)c4F)C(=O)[C@@]23Cl)cc(Br)c1O. The van der Waals surface area contributed by atoms with Crippen LogP contribution in [0.25, 0.3) is 22.6 Å². The summed E-state index contributed by atoms with van der Waals surface area (Å²) >= 11 is 17.6. The molecule has 1 N–H and O–H groups in total. The van der Waals surface area contributed by atoms with Gasteiger partial charge in [0, 0.05) is 11.5 Å². The molecule has 0 radical (unpaired) electrons. The summed E-state index contributed by atoms with van der Waals surface area (Å²) in [4.78, 5) is 57.4. The molecular weight excluding hydrogens is 880 g/mol. The number of ether oxygens (including phenoxy) is 1. The number of methoxy groups -OCH3 is 1. The largest absolute Gasteiger partial charge is 0.503 e. The zero-order valence-electron chi connectivity index (χ0n) is 29.3. The van der Waals surface area contributed by atoms with E-state index in [2.05, 4.69) is 20.9 Å². The van der Waals surface area contributed by atoms with Crippen molar-refractivity contribution < 1.29 is 55.4 Å². The fourth-order valence-electron chi connectivity index (χ4n) is 8.86. The van der Waals surface area contributed by atoms with Gasteiger partial charge in [-0.3, -0.25) is 24.1 Å². The van der Waals surface area contributed by atoms with Crippen LogP contribution in [0.4, 0.5) is 33.3 Å². The van der Waals surface area contributed by atoms with Crippen molar-refractivity contribution in [3.05, 3.63) is 111 Å². The molecule has 3 fully saturated rings. The number of alkyl halides is 2. The van der Waals surface area contributed by atoms with Gasteiger partial charge in [-0.2, -0.15) is 0 Å². The number of amides is 4. The fraction of sp³-hybridized carbons (Fsp3) is 0.225. The molecular formula is C40H23BrCl2F5N3O7. The fourth-order valence-corrected chi connectivity index (χ4v) is 10.3. The summed E-state index contributed by atoms with van der Waals surface area (Å²) < 4.78 is 85.2. The molecule has 10 nitrogen and oxygen atoms in total. The van der Waals surface area contributed by atoms with E-state index in [9.17, 15) is 37.5 Å². The van der Waals surface area contributed by atoms with Crippen molar-refractivity contribution in [1.82, 2.24) is 4.98 Å². The van der Waals surface area contributed by atoms with Crippen molar-refractivity contribution in [2.24, 2.45) is 17.8 Å². The minimum absolute atomic E-state index is 0.00619. The molecule has 1 aromatic heterocycles. The highest BCUT2D eigenvalue weighted by Crippen LogP contribution is 2.66. The first kappa shape index (κ1) is 38.2. The number of phenols is 1. The first-order valence-electron chi connectivity index (χ1n) is 17.4. The van der Waals surface area contributed by atoms with Crippen LogP contribution in [0.1, 0.15) is 24.3 Å². The molecule has 18 heteroatoms. The van der Waals surface area contributed by atoms with Crippen LogP contribution < -0.4 is 14.5 Å². The van der Waals surface area contributed by atoms with Gasteiger partial charge in [0.15, 0.2) is 50.1 Å². The van der Waals surface area contributed by atoms with Gasteiger partial charge in [-0.15, -0.1) is 23.2 Å². The molecule has 2 aliphatic carbocycles. The number of halogens is 8. The van der Waals surface area contributed by atoms with Gasteiger partial charge in [0.2, 0.25) is 23.5 Å². The number of oxazole rings is 1. The quantitative estimate of drug-likeness (QED) is 0.0465. The molecule has 6 atom stereocenters. The van der Waals surface area contributed by atoms with E-state index in [4.69, 9.17) is 32.4 Å². The monoisotopic (exact) mass is 901 g/mol. The van der Waals surface area contributed by atoms with Crippen molar-refractivity contribution in [2.75, 3.05) is 16.9 Å². The number of rotatable bonds is 5. The number of aromatic nitrogens is 1. The van der Waals surface area contributed by atoms with Gasteiger partial charge in [-0.25, -0.2) is 31.8 Å². The summed E-state index contributed by atoms with van der Waals surface area (Å²) in [5.41, 5.74) is 0.302. The number of carbonyl (C=O) groups is 4. The number of phenolic OH excluding ortho intramolecular Hbond substituents is 1. The normalized spacial score (nSPS) is 26.6. The van der Waals surface area contributed by atoms with E-state index < -0.39 is 98.2 Å². The van der Waals surface area contributed by atoms with Crippen LogP contribution in [-0.4, -0.2) is 50.6 Å². The van der Waals surface area contributed by atoms with Gasteiger partial charge >= 0.3 is 0 Å². The van der Waals surface area contributed by atoms with Crippen LogP contribution in [0.2, 0.25) is 0 Å². The number of imide groups is 2. The lowest BCUT2D eigenvalue weighted by molar-refractivity contribution is -0.125. The molecule has 0 bridgehead atoms. The van der Waals surface area contributed by atoms with E-state index in [1.807, 2.05) is 0 Å². The molecule has 0 spiro atoms. The maximum absolute atomic E-state index is 15.4. The summed E-state index contributed by atoms with van der Waals surface area (Å²) in [7, 11) is 1.22. The van der Waals surface area contributed by atoms with E-state index in [-0.39, 0.29) is 44.1 Å². The second-order valence-corrected chi connectivity index (χ2v) is 16.4. The smallest absolute Gasteiger partial charge is 0.258 e. The molecule has 0 unspecified atom stereocenters. The maximum Gasteiger partial charge on any atom is 0.258 e. The van der Waals surface area contributed by atoms with Crippen LogP contribution >= 0.6 is 39.1 Å². The first-order valence-corrected chi connectivity index (χ1v) is 19.0. The number of nitrogens with zero attached hydrogens (tertiary/aromatic N) is 3. The van der Waals surface area contributed by atoms with Gasteiger partial charge in [0.1, 0.15) is 11.2 Å². The van der Waals surface area contributed by atoms with E-state index in [0.717, 1.165) is 4.90 Å². The number of hydrogen-bond donors (Lipinski definition) is 1. The Morgan fingerprint density at radius 2 is 1.52 bits per heavy atom. The lowest BCUT2D eigenvalue weighted by Gasteiger charge is -2.50. The average molecular weight is 903 g/mol. The Labute approximate surface area is 341 Å². The molecule has 2 saturated heterocycles. The third kappa shape index (κ3) is 4.97. The molecule has 2 aliphatic heterocycles. The van der Waals surface area contributed by atoms with Gasteiger partial charge in [-0.05, 0) is 88.8 Å². The van der Waals surface area contributed by atoms with Crippen molar-refractivity contribution in [1.29, 1.82) is 0 Å². The summed E-state index contributed by atoms with van der Waals surface area (Å²) in [6.45, 7) is 0. The minimum Gasteiger partial charge on any atom is -0.503 e. The maximum atomic E-state index is 15.4. The Kier molecular flexibility index (Phi) is 8.63. The Hall–Kier alpha value is -5.32. The van der Waals surface area contributed by atoms with Gasteiger partial charge in [-0.1, -0.05) is 23.8 Å². The van der Waals surface area contributed by atoms with E-state index in [0.29, 0.717) is 22.6 Å². The van der Waals surface area contributed by atoms with E-state index in [1.165, 1.54) is 31.4 Å². The number of allylic oxidation sites excluding steroid dienone is 2. The third-order valence-electron chi connectivity index (χ3n) is 11.5. The lowest BCUT2D eigenvalue weighted by atomic mass is 9.56. The van der Waals surface area contributed by atoms with E-state index in [1.54, 1.807) is 42.5 Å². The number of hydrogen-bond acceptors (Lipinski definition) is 8. The summed E-state index contributed by atoms with van der Waals surface area (Å²) in [5, 5.41) is 10.7. The number of para-hydroxylation sites is 2. The summed E-state index contributed by atoms with van der Waals surface area (Å²) in [5.74, 6) is -22.1. The number of carbonyl (C=O) groups excluding carboxylic acids is 4. The average Bonchev–Trinajstić information content (AvgIpc) is 3.81. The van der Waals surface area contributed by atoms with E-state index >= 15 is 8.78 Å². The molecule has 4 aliphatic rings. The third-order valence-corrected chi connectivity index (χ3v) is 13.5. The molecule has 4 amide bonds. The molecule has 1 saturated carbocycles. The second-order valence-electron chi connectivity index (χ2n) is 14.3. The molecule has 296 valence electrons.